The van der Waals surface area contributed by atoms with E-state index in [4.69, 9.17) is 0 Å². The number of allylic oxidation sites excluding steroid dienone is 2. The standard InChI is InChI=1S/C9H10O2.C4H9FO3S/c10-5-8-3-7-1-2-9(8,4-7)6-11;1-2-3-4-9(6,7)8-5/h3,5-7H,1-2,4H2;2-4H2,1H3. The second-order valence-corrected chi connectivity index (χ2v) is 6.84. The van der Waals surface area contributed by atoms with E-state index in [1.807, 2.05) is 13.0 Å². The molecule has 1 fully saturated rings. The van der Waals surface area contributed by atoms with Crippen molar-refractivity contribution < 1.29 is 26.9 Å². The molecule has 2 rings (SSSR count). The first-order valence-electron chi connectivity index (χ1n) is 6.59. The first kappa shape index (κ1) is 17.0. The molecule has 2 unspecified atom stereocenters. The lowest BCUT2D eigenvalue weighted by atomic mass is 9.83. The van der Waals surface area contributed by atoms with Crippen LogP contribution in [0.5, 0.6) is 0 Å². The molecule has 2 aliphatic rings. The molecule has 0 heterocycles. The molecular weight excluding hydrogens is 287 g/mol. The Labute approximate surface area is 118 Å². The van der Waals surface area contributed by atoms with Gasteiger partial charge >= 0.3 is 0 Å². The maximum absolute atomic E-state index is 11.0. The first-order valence-corrected chi connectivity index (χ1v) is 8.17. The highest BCUT2D eigenvalue weighted by Gasteiger charge is 2.46. The molecule has 0 aromatic carbocycles. The predicted octanol–water partition coefficient (Wildman–Crippen LogP) is 2.13. The fourth-order valence-electron chi connectivity index (χ4n) is 2.62. The van der Waals surface area contributed by atoms with Crippen LogP contribution >= 0.6 is 0 Å². The molecular formula is C13H19FO5S. The molecule has 2 bridgehead atoms. The number of hydrogen-bond donors (Lipinski definition) is 0. The van der Waals surface area contributed by atoms with Gasteiger partial charge in [-0.05, 0) is 36.1 Å². The number of hydrogen-bond acceptors (Lipinski definition) is 5. The number of carbonyl (C=O) groups excluding carboxylic acids is 2. The predicted molar refractivity (Wildman–Crippen MR) is 70.9 cm³/mol. The molecule has 0 spiro atoms. The number of carbonyl (C=O) groups is 2. The molecule has 114 valence electrons. The molecule has 0 aromatic rings. The monoisotopic (exact) mass is 306 g/mol. The molecule has 0 amide bonds. The van der Waals surface area contributed by atoms with E-state index in [2.05, 4.69) is 4.39 Å². The van der Waals surface area contributed by atoms with E-state index in [-0.39, 0.29) is 11.2 Å². The Morgan fingerprint density at radius 1 is 1.50 bits per heavy atom. The van der Waals surface area contributed by atoms with Crippen LogP contribution in [0.25, 0.3) is 0 Å². The fourth-order valence-corrected chi connectivity index (χ4v) is 3.33. The quantitative estimate of drug-likeness (QED) is 0.702. The summed E-state index contributed by atoms with van der Waals surface area (Å²) < 4.78 is 34.0. The van der Waals surface area contributed by atoms with Gasteiger partial charge in [-0.2, -0.15) is 8.42 Å². The van der Waals surface area contributed by atoms with Crippen molar-refractivity contribution >= 4 is 22.7 Å². The molecule has 5 nitrogen and oxygen atoms in total. The average molecular weight is 306 g/mol. The summed E-state index contributed by atoms with van der Waals surface area (Å²) in [6.07, 6.45) is 7.75. The lowest BCUT2D eigenvalue weighted by Crippen LogP contribution is -2.20. The second kappa shape index (κ2) is 7.08. The minimum atomic E-state index is -3.85. The maximum atomic E-state index is 11.0. The Hall–Kier alpha value is -1.08. The van der Waals surface area contributed by atoms with Crippen molar-refractivity contribution in [1.82, 2.24) is 0 Å². The molecule has 0 aliphatic heterocycles. The molecule has 20 heavy (non-hydrogen) atoms. The van der Waals surface area contributed by atoms with Gasteiger partial charge in [-0.1, -0.05) is 23.8 Å². The van der Waals surface area contributed by atoms with E-state index in [9.17, 15) is 22.5 Å². The van der Waals surface area contributed by atoms with Gasteiger partial charge in [-0.25, -0.2) is 0 Å². The third kappa shape index (κ3) is 3.96. The summed E-state index contributed by atoms with van der Waals surface area (Å²) >= 11 is 0. The van der Waals surface area contributed by atoms with Crippen LogP contribution in [0.4, 0.5) is 4.53 Å². The number of halogens is 1. The smallest absolute Gasteiger partial charge is 0.297 e. The lowest BCUT2D eigenvalue weighted by Gasteiger charge is -2.18. The third-order valence-corrected chi connectivity index (χ3v) is 4.75. The van der Waals surface area contributed by atoms with Crippen LogP contribution < -0.4 is 0 Å². The van der Waals surface area contributed by atoms with Gasteiger partial charge in [0.1, 0.15) is 12.6 Å². The molecule has 1 saturated carbocycles. The van der Waals surface area contributed by atoms with Crippen molar-refractivity contribution in [3.8, 4) is 0 Å². The van der Waals surface area contributed by atoms with Crippen molar-refractivity contribution in [3.05, 3.63) is 11.6 Å². The van der Waals surface area contributed by atoms with E-state index < -0.39 is 10.1 Å². The molecule has 0 radical (unpaired) electrons. The summed E-state index contributed by atoms with van der Waals surface area (Å²) in [5.74, 6) is 0.264. The summed E-state index contributed by atoms with van der Waals surface area (Å²) in [5, 5.41) is 0. The Morgan fingerprint density at radius 3 is 2.60 bits per heavy atom. The van der Waals surface area contributed by atoms with Crippen LogP contribution in [0, 0.1) is 11.3 Å². The van der Waals surface area contributed by atoms with Crippen molar-refractivity contribution in [3.63, 3.8) is 0 Å². The molecule has 0 saturated heterocycles. The highest BCUT2D eigenvalue weighted by atomic mass is 32.2. The van der Waals surface area contributed by atoms with Gasteiger partial charge in [0, 0.05) is 5.57 Å². The van der Waals surface area contributed by atoms with Crippen molar-refractivity contribution in [2.24, 2.45) is 11.3 Å². The minimum absolute atomic E-state index is 0.236. The number of rotatable bonds is 6. The number of unbranched alkanes of at least 4 members (excludes halogenated alkanes) is 1. The largest absolute Gasteiger partial charge is 0.302 e. The lowest BCUT2D eigenvalue weighted by molar-refractivity contribution is -0.116. The third-order valence-electron chi connectivity index (χ3n) is 3.77. The normalized spacial score (nSPS) is 27.5. The van der Waals surface area contributed by atoms with Crippen molar-refractivity contribution in [2.75, 3.05) is 5.75 Å². The SMILES string of the molecule is CCCCS(=O)(=O)OF.O=CC1=CC2CCC1(C=O)C2. The number of aldehydes is 2. The van der Waals surface area contributed by atoms with Gasteiger partial charge < -0.3 is 4.79 Å². The first-order chi connectivity index (χ1) is 9.43. The van der Waals surface area contributed by atoms with E-state index in [1.165, 1.54) is 0 Å². The Kier molecular flexibility index (Phi) is 6.01. The van der Waals surface area contributed by atoms with Gasteiger partial charge in [-0.15, -0.1) is 0 Å². The maximum Gasteiger partial charge on any atom is 0.297 e. The fraction of sp³-hybridized carbons (Fsp3) is 0.692. The van der Waals surface area contributed by atoms with Gasteiger partial charge in [-0.3, -0.25) is 4.79 Å². The Bertz CT molecular complexity index is 485. The second-order valence-electron chi connectivity index (χ2n) is 5.20. The van der Waals surface area contributed by atoms with Crippen molar-refractivity contribution in [2.45, 2.75) is 39.0 Å². The van der Waals surface area contributed by atoms with Gasteiger partial charge in [0.25, 0.3) is 10.1 Å². The Morgan fingerprint density at radius 2 is 2.20 bits per heavy atom. The zero-order chi connectivity index (χ0) is 15.2. The van der Waals surface area contributed by atoms with E-state index in [0.29, 0.717) is 18.8 Å². The van der Waals surface area contributed by atoms with Crippen LogP contribution in [-0.4, -0.2) is 26.7 Å². The molecule has 0 aromatic heterocycles. The van der Waals surface area contributed by atoms with Gasteiger partial charge in [0.2, 0.25) is 0 Å². The molecule has 0 N–H and O–H groups in total. The van der Waals surface area contributed by atoms with E-state index in [1.54, 1.807) is 0 Å². The summed E-state index contributed by atoms with van der Waals surface area (Å²) in [4.78, 5) is 21.3. The highest BCUT2D eigenvalue weighted by Crippen LogP contribution is 2.51. The van der Waals surface area contributed by atoms with Gasteiger partial charge in [0.15, 0.2) is 0 Å². The van der Waals surface area contributed by atoms with E-state index >= 15 is 0 Å². The Balaban J connectivity index is 0.000000206. The van der Waals surface area contributed by atoms with Crippen molar-refractivity contribution in [1.29, 1.82) is 0 Å². The number of fused-ring (bicyclic) bond motifs is 2. The zero-order valence-corrected chi connectivity index (χ0v) is 12.2. The van der Waals surface area contributed by atoms with Gasteiger partial charge in [0.05, 0.1) is 11.2 Å². The molecule has 2 aliphatic carbocycles. The summed E-state index contributed by atoms with van der Waals surface area (Å²) in [5.41, 5.74) is 0.357. The summed E-state index contributed by atoms with van der Waals surface area (Å²) in [6.45, 7) is 1.81. The average Bonchev–Trinajstić information content (AvgIpc) is 3.04. The van der Waals surface area contributed by atoms with Crippen LogP contribution in [0.15, 0.2) is 11.6 Å². The zero-order valence-electron chi connectivity index (χ0n) is 11.4. The van der Waals surface area contributed by atoms with Crippen LogP contribution in [0.2, 0.25) is 0 Å². The van der Waals surface area contributed by atoms with Crippen LogP contribution in [-0.2, 0) is 24.1 Å². The minimum Gasteiger partial charge on any atom is -0.302 e. The summed E-state index contributed by atoms with van der Waals surface area (Å²) in [7, 11) is -3.85. The molecule has 7 heteroatoms. The topological polar surface area (TPSA) is 77.5 Å². The van der Waals surface area contributed by atoms with Crippen LogP contribution in [0.3, 0.4) is 0 Å². The van der Waals surface area contributed by atoms with Crippen LogP contribution in [0.1, 0.15) is 39.0 Å². The summed E-state index contributed by atoms with van der Waals surface area (Å²) in [6, 6.07) is 0. The highest BCUT2D eigenvalue weighted by molar-refractivity contribution is 7.86. The molecule has 2 atom stereocenters. The van der Waals surface area contributed by atoms with E-state index in [0.717, 1.165) is 37.4 Å².